The van der Waals surface area contributed by atoms with Gasteiger partial charge in [0.15, 0.2) is 11.6 Å². The zero-order valence-electron chi connectivity index (χ0n) is 7.49. The van der Waals surface area contributed by atoms with Gasteiger partial charge < -0.3 is 15.2 Å². The highest BCUT2D eigenvalue weighted by Crippen LogP contribution is 2.12. The number of hydrogen-bond acceptors (Lipinski definition) is 5. The number of nitrogens with two attached hydrogens (primary N) is 1. The molecule has 0 fully saturated rings. The topological polar surface area (TPSA) is 74.4 Å². The average Bonchev–Trinajstić information content (AvgIpc) is 2.20. The third-order valence-corrected chi connectivity index (χ3v) is 1.51. The quantitative estimate of drug-likeness (QED) is 0.723. The van der Waals surface area contributed by atoms with Gasteiger partial charge in [0.2, 0.25) is 0 Å². The molecule has 1 aromatic heterocycles. The van der Waals surface area contributed by atoms with Gasteiger partial charge in [-0.15, -0.1) is 0 Å². The molecule has 0 bridgehead atoms. The van der Waals surface area contributed by atoms with Crippen LogP contribution in [-0.4, -0.2) is 18.2 Å². The summed E-state index contributed by atoms with van der Waals surface area (Å²) in [5, 5.41) is 0. The van der Waals surface area contributed by atoms with Crippen molar-refractivity contribution in [1.29, 1.82) is 0 Å². The van der Waals surface area contributed by atoms with E-state index in [0.29, 0.717) is 0 Å². The minimum atomic E-state index is -0.875. The van der Waals surface area contributed by atoms with Crippen LogP contribution in [0.4, 0.5) is 15.0 Å². The number of methoxy groups -OCH3 is 1. The lowest BCUT2D eigenvalue weighted by atomic mass is 10.2. The maximum absolute atomic E-state index is 13.1. The summed E-state index contributed by atoms with van der Waals surface area (Å²) in [6.45, 7) is -0.231. The Balaban J connectivity index is 2.68. The maximum atomic E-state index is 13.1. The van der Waals surface area contributed by atoms with E-state index in [2.05, 4.69) is 14.5 Å². The van der Waals surface area contributed by atoms with Gasteiger partial charge in [0, 0.05) is 11.8 Å². The molecular weight excluding hydrogens is 191 g/mol. The second kappa shape index (κ2) is 4.40. The van der Waals surface area contributed by atoms with Crippen LogP contribution in [-0.2, 0) is 16.1 Å². The number of anilines is 1. The summed E-state index contributed by atoms with van der Waals surface area (Å²) in [5.41, 5.74) is 5.36. The summed E-state index contributed by atoms with van der Waals surface area (Å²) in [6.07, 6.45) is 0.453. The number of carbonyl (C=O) groups is 1. The van der Waals surface area contributed by atoms with Crippen molar-refractivity contribution in [2.75, 3.05) is 12.8 Å². The third kappa shape index (κ3) is 2.32. The smallest absolute Gasteiger partial charge is 0.438 e. The van der Waals surface area contributed by atoms with Crippen LogP contribution >= 0.6 is 0 Å². The molecule has 5 nitrogen and oxygen atoms in total. The number of halogens is 1. The molecule has 2 N–H and O–H groups in total. The largest absolute Gasteiger partial charge is 0.508 e. The summed E-state index contributed by atoms with van der Waals surface area (Å²) >= 11 is 0. The monoisotopic (exact) mass is 200 g/mol. The van der Waals surface area contributed by atoms with Gasteiger partial charge in [-0.05, 0) is 6.07 Å². The number of rotatable bonds is 2. The van der Waals surface area contributed by atoms with E-state index in [1.165, 1.54) is 19.4 Å². The molecule has 14 heavy (non-hydrogen) atoms. The zero-order valence-corrected chi connectivity index (χ0v) is 7.49. The molecule has 0 spiro atoms. The highest BCUT2D eigenvalue weighted by Gasteiger charge is 2.09. The molecule has 0 radical (unpaired) electrons. The van der Waals surface area contributed by atoms with Gasteiger partial charge in [0.1, 0.15) is 6.61 Å². The van der Waals surface area contributed by atoms with E-state index in [4.69, 9.17) is 5.73 Å². The molecule has 0 saturated heterocycles. The Morgan fingerprint density at radius 3 is 3.07 bits per heavy atom. The maximum Gasteiger partial charge on any atom is 0.508 e. The van der Waals surface area contributed by atoms with Crippen molar-refractivity contribution in [3.05, 3.63) is 23.6 Å². The van der Waals surface area contributed by atoms with Crippen molar-refractivity contribution in [2.45, 2.75) is 6.61 Å². The Labute approximate surface area is 79.6 Å². The Bertz CT molecular complexity index is 343. The first kappa shape index (κ1) is 10.2. The Hall–Kier alpha value is -1.85. The van der Waals surface area contributed by atoms with Crippen molar-refractivity contribution in [3.8, 4) is 0 Å². The van der Waals surface area contributed by atoms with Crippen molar-refractivity contribution in [2.24, 2.45) is 0 Å². The minimum absolute atomic E-state index is 0.155. The number of nitrogens with zero attached hydrogens (tertiary/aromatic N) is 1. The van der Waals surface area contributed by atoms with Gasteiger partial charge in [-0.3, -0.25) is 0 Å². The van der Waals surface area contributed by atoms with Crippen molar-refractivity contribution in [3.63, 3.8) is 0 Å². The van der Waals surface area contributed by atoms with E-state index >= 15 is 0 Å². The minimum Gasteiger partial charge on any atom is -0.438 e. The lowest BCUT2D eigenvalue weighted by molar-refractivity contribution is 0.0661. The van der Waals surface area contributed by atoms with Crippen LogP contribution in [0.25, 0.3) is 0 Å². The highest BCUT2D eigenvalue weighted by atomic mass is 19.1. The summed E-state index contributed by atoms with van der Waals surface area (Å²) in [4.78, 5) is 14.1. The van der Waals surface area contributed by atoms with E-state index in [-0.39, 0.29) is 18.0 Å². The van der Waals surface area contributed by atoms with Crippen LogP contribution in [0.3, 0.4) is 0 Å². The van der Waals surface area contributed by atoms with Gasteiger partial charge in [0.05, 0.1) is 7.11 Å². The van der Waals surface area contributed by atoms with E-state index in [1.807, 2.05) is 0 Å². The molecule has 1 rings (SSSR count). The Kier molecular flexibility index (Phi) is 3.22. The van der Waals surface area contributed by atoms with Gasteiger partial charge in [0.25, 0.3) is 0 Å². The standard InChI is InChI=1S/C8H9FN2O3/c1-13-8(12)14-4-5-2-3-11-7(10)6(5)9/h2-3H,4H2,1H3,(H2,10,11). The normalized spacial score (nSPS) is 9.57. The van der Waals surface area contributed by atoms with E-state index in [1.54, 1.807) is 0 Å². The number of ether oxygens (including phenoxy) is 2. The molecule has 0 unspecified atom stereocenters. The average molecular weight is 200 g/mol. The number of nitrogen functional groups attached to an aromatic ring is 1. The lowest BCUT2D eigenvalue weighted by Gasteiger charge is -2.04. The molecule has 0 amide bonds. The van der Waals surface area contributed by atoms with Crippen LogP contribution in [0, 0.1) is 5.82 Å². The molecule has 76 valence electrons. The molecule has 0 aromatic carbocycles. The van der Waals surface area contributed by atoms with Gasteiger partial charge >= 0.3 is 6.16 Å². The van der Waals surface area contributed by atoms with Gasteiger partial charge in [-0.25, -0.2) is 14.2 Å². The second-order valence-corrected chi connectivity index (χ2v) is 2.41. The predicted octanol–water partition coefficient (Wildman–Crippen LogP) is 1.09. The summed E-state index contributed by atoms with van der Waals surface area (Å²) in [6, 6.07) is 1.37. The van der Waals surface area contributed by atoms with Crippen molar-refractivity contribution in [1.82, 2.24) is 4.98 Å². The third-order valence-electron chi connectivity index (χ3n) is 1.51. The van der Waals surface area contributed by atoms with Crippen LogP contribution in [0.5, 0.6) is 0 Å². The molecule has 1 aromatic rings. The van der Waals surface area contributed by atoms with E-state index < -0.39 is 12.0 Å². The Morgan fingerprint density at radius 1 is 1.71 bits per heavy atom. The van der Waals surface area contributed by atoms with Crippen LogP contribution in [0.15, 0.2) is 12.3 Å². The summed E-state index contributed by atoms with van der Waals surface area (Å²) in [7, 11) is 1.17. The molecule has 0 aliphatic heterocycles. The number of carbonyl (C=O) groups excluding carboxylic acids is 1. The number of aromatic nitrogens is 1. The second-order valence-electron chi connectivity index (χ2n) is 2.41. The SMILES string of the molecule is COC(=O)OCc1ccnc(N)c1F. The van der Waals surface area contributed by atoms with Gasteiger partial charge in [-0.2, -0.15) is 0 Å². The number of hydrogen-bond donors (Lipinski definition) is 1. The Morgan fingerprint density at radius 2 is 2.43 bits per heavy atom. The van der Waals surface area contributed by atoms with Gasteiger partial charge in [-0.1, -0.05) is 0 Å². The fourth-order valence-electron chi connectivity index (χ4n) is 0.809. The van der Waals surface area contributed by atoms with Crippen LogP contribution in [0.2, 0.25) is 0 Å². The molecule has 0 aliphatic carbocycles. The summed E-state index contributed by atoms with van der Waals surface area (Å²) in [5.74, 6) is -0.910. The first-order chi connectivity index (χ1) is 6.65. The predicted molar refractivity (Wildman–Crippen MR) is 45.8 cm³/mol. The first-order valence-corrected chi connectivity index (χ1v) is 3.74. The number of pyridine rings is 1. The molecule has 0 saturated carbocycles. The van der Waals surface area contributed by atoms with E-state index in [9.17, 15) is 9.18 Å². The van der Waals surface area contributed by atoms with Crippen LogP contribution in [0.1, 0.15) is 5.56 Å². The van der Waals surface area contributed by atoms with E-state index in [0.717, 1.165) is 0 Å². The zero-order chi connectivity index (χ0) is 10.6. The fourth-order valence-corrected chi connectivity index (χ4v) is 0.809. The summed E-state index contributed by atoms with van der Waals surface area (Å²) < 4.78 is 21.9. The lowest BCUT2D eigenvalue weighted by Crippen LogP contribution is -2.06. The fraction of sp³-hybridized carbons (Fsp3) is 0.250. The molecule has 0 atom stereocenters. The van der Waals surface area contributed by atoms with Crippen molar-refractivity contribution >= 4 is 12.0 Å². The molecule has 1 heterocycles. The molecular formula is C8H9FN2O3. The van der Waals surface area contributed by atoms with Crippen molar-refractivity contribution < 1.29 is 18.7 Å². The molecule has 6 heteroatoms. The first-order valence-electron chi connectivity index (χ1n) is 3.74. The van der Waals surface area contributed by atoms with Crippen LogP contribution < -0.4 is 5.73 Å². The molecule has 0 aliphatic rings. The highest BCUT2D eigenvalue weighted by molar-refractivity contribution is 5.59.